The van der Waals surface area contributed by atoms with Crippen molar-refractivity contribution < 1.29 is 9.13 Å². The van der Waals surface area contributed by atoms with E-state index in [4.69, 9.17) is 28.6 Å². The van der Waals surface area contributed by atoms with Crippen LogP contribution in [0.4, 0.5) is 10.1 Å². The number of ether oxygens (including phenoxy) is 1. The summed E-state index contributed by atoms with van der Waals surface area (Å²) in [6, 6.07) is 8.34. The second-order valence-corrected chi connectivity index (χ2v) is 7.38. The molecule has 2 aromatic rings. The maximum absolute atomic E-state index is 13.3. The molecule has 130 valence electrons. The molecule has 1 aliphatic heterocycles. The van der Waals surface area contributed by atoms with Crippen LogP contribution in [0, 0.1) is 11.7 Å². The van der Waals surface area contributed by atoms with Gasteiger partial charge in [-0.2, -0.15) is 0 Å². The van der Waals surface area contributed by atoms with Crippen molar-refractivity contribution in [1.29, 1.82) is 0 Å². The van der Waals surface area contributed by atoms with Gasteiger partial charge in [-0.15, -0.1) is 0 Å². The first-order valence-electron chi connectivity index (χ1n) is 8.03. The van der Waals surface area contributed by atoms with Gasteiger partial charge in [0.2, 0.25) is 5.88 Å². The third-order valence-corrected chi connectivity index (χ3v) is 5.77. The predicted molar refractivity (Wildman–Crippen MR) is 99.8 cm³/mol. The van der Waals surface area contributed by atoms with Crippen LogP contribution >= 0.6 is 23.8 Å². The number of halogens is 2. The zero-order valence-electron chi connectivity index (χ0n) is 13.6. The highest BCUT2D eigenvalue weighted by molar-refractivity contribution is 7.80. The van der Waals surface area contributed by atoms with Gasteiger partial charge in [-0.25, -0.2) is 9.37 Å². The number of likely N-dealkylation sites (tertiary alicyclic amines) is 1. The molecule has 1 aliphatic carbocycles. The van der Waals surface area contributed by atoms with Gasteiger partial charge in [-0.05, 0) is 48.3 Å². The van der Waals surface area contributed by atoms with Crippen molar-refractivity contribution in [3.8, 4) is 5.88 Å². The van der Waals surface area contributed by atoms with Gasteiger partial charge in [-0.3, -0.25) is 0 Å². The number of nitrogens with one attached hydrogen (secondary N) is 1. The summed E-state index contributed by atoms with van der Waals surface area (Å²) >= 11 is 11.8. The van der Waals surface area contributed by atoms with E-state index in [0.717, 1.165) is 30.8 Å². The van der Waals surface area contributed by atoms with Crippen LogP contribution in [0.3, 0.4) is 0 Å². The number of anilines is 1. The summed E-state index contributed by atoms with van der Waals surface area (Å²) < 4.78 is 18.4. The number of pyridine rings is 1. The number of methoxy groups -OCH3 is 1. The average Bonchev–Trinajstić information content (AvgIpc) is 3.16. The molecule has 0 radical (unpaired) electrons. The molecule has 1 aromatic heterocycles. The van der Waals surface area contributed by atoms with E-state index in [1.54, 1.807) is 19.4 Å². The normalized spacial score (nSPS) is 24.0. The molecule has 25 heavy (non-hydrogen) atoms. The molecule has 4 rings (SSSR count). The van der Waals surface area contributed by atoms with Crippen molar-refractivity contribution in [2.24, 2.45) is 5.92 Å². The molecular formula is C18H17ClFN3OS. The van der Waals surface area contributed by atoms with Crippen molar-refractivity contribution in [3.05, 3.63) is 52.9 Å². The van der Waals surface area contributed by atoms with Crippen LogP contribution in [0.5, 0.6) is 5.88 Å². The van der Waals surface area contributed by atoms with Crippen LogP contribution in [-0.2, 0) is 5.41 Å². The lowest BCUT2D eigenvalue weighted by Crippen LogP contribution is -2.36. The third kappa shape index (κ3) is 2.93. The van der Waals surface area contributed by atoms with Gasteiger partial charge in [-0.1, -0.05) is 17.7 Å². The fraction of sp³-hybridized carbons (Fsp3) is 0.333. The molecule has 7 heteroatoms. The number of hydrogen-bond acceptors (Lipinski definition) is 3. The van der Waals surface area contributed by atoms with Gasteiger partial charge in [0.05, 0.1) is 19.0 Å². The van der Waals surface area contributed by atoms with Crippen molar-refractivity contribution in [3.63, 3.8) is 0 Å². The molecule has 1 saturated carbocycles. The summed E-state index contributed by atoms with van der Waals surface area (Å²) in [5, 5.41) is 4.38. The van der Waals surface area contributed by atoms with Gasteiger partial charge >= 0.3 is 0 Å². The lowest BCUT2D eigenvalue weighted by atomic mass is 9.95. The van der Waals surface area contributed by atoms with Gasteiger partial charge in [0.25, 0.3) is 0 Å². The number of aromatic nitrogens is 1. The highest BCUT2D eigenvalue weighted by atomic mass is 35.5. The Morgan fingerprint density at radius 2 is 2.28 bits per heavy atom. The summed E-state index contributed by atoms with van der Waals surface area (Å²) in [6.45, 7) is 1.67. The third-order valence-electron chi connectivity index (χ3n) is 5.10. The minimum atomic E-state index is -0.304. The molecular weight excluding hydrogens is 361 g/mol. The lowest BCUT2D eigenvalue weighted by Gasteiger charge is -2.24. The van der Waals surface area contributed by atoms with Crippen molar-refractivity contribution in [1.82, 2.24) is 9.88 Å². The van der Waals surface area contributed by atoms with Gasteiger partial charge in [0, 0.05) is 29.6 Å². The zero-order chi connectivity index (χ0) is 17.6. The molecule has 1 aromatic carbocycles. The summed E-state index contributed by atoms with van der Waals surface area (Å²) in [7, 11) is 1.58. The monoisotopic (exact) mass is 377 g/mol. The van der Waals surface area contributed by atoms with E-state index in [2.05, 4.69) is 15.2 Å². The first-order chi connectivity index (χ1) is 12.0. The maximum atomic E-state index is 13.3. The quantitative estimate of drug-likeness (QED) is 0.822. The first-order valence-corrected chi connectivity index (χ1v) is 8.82. The van der Waals surface area contributed by atoms with Crippen molar-refractivity contribution in [2.45, 2.75) is 11.8 Å². The second kappa shape index (κ2) is 6.11. The van der Waals surface area contributed by atoms with E-state index in [-0.39, 0.29) is 11.2 Å². The Labute approximate surface area is 156 Å². The van der Waals surface area contributed by atoms with Crippen LogP contribution in [0.2, 0.25) is 5.02 Å². The number of nitrogens with zero attached hydrogens (tertiary/aromatic N) is 2. The minimum absolute atomic E-state index is 0.00528. The summed E-state index contributed by atoms with van der Waals surface area (Å²) in [4.78, 5) is 6.31. The molecule has 2 aliphatic rings. The van der Waals surface area contributed by atoms with Crippen molar-refractivity contribution in [2.75, 3.05) is 25.5 Å². The average molecular weight is 378 g/mol. The topological polar surface area (TPSA) is 37.4 Å². The summed E-state index contributed by atoms with van der Waals surface area (Å²) in [5.74, 6) is 0.759. The smallest absolute Gasteiger partial charge is 0.213 e. The number of piperidine rings is 1. The molecule has 0 bridgehead atoms. The SMILES string of the molecule is COc1ccc(NC(=S)N2CC3CC3(c3ccc(F)cc3Cl)C2)cn1. The molecule has 0 amide bonds. The Morgan fingerprint density at radius 3 is 2.96 bits per heavy atom. The Bertz CT molecular complexity index is 832. The van der Waals surface area contributed by atoms with E-state index < -0.39 is 0 Å². The second-order valence-electron chi connectivity index (χ2n) is 6.58. The van der Waals surface area contributed by atoms with Crippen LogP contribution in [0.15, 0.2) is 36.5 Å². The molecule has 2 fully saturated rings. The largest absolute Gasteiger partial charge is 0.481 e. The number of fused-ring (bicyclic) bond motifs is 1. The molecule has 0 spiro atoms. The van der Waals surface area contributed by atoms with Crippen LogP contribution < -0.4 is 10.1 Å². The Morgan fingerprint density at radius 1 is 1.44 bits per heavy atom. The van der Waals surface area contributed by atoms with Gasteiger partial charge in [0.15, 0.2) is 5.11 Å². The summed E-state index contributed by atoms with van der Waals surface area (Å²) in [5.41, 5.74) is 1.84. The van der Waals surface area contributed by atoms with E-state index in [9.17, 15) is 4.39 Å². The van der Waals surface area contributed by atoms with Gasteiger partial charge < -0.3 is 15.0 Å². The number of benzene rings is 1. The zero-order valence-corrected chi connectivity index (χ0v) is 15.2. The number of thiocarbonyl (C=S) groups is 1. The molecule has 1 saturated heterocycles. The molecule has 2 unspecified atom stereocenters. The Kier molecular flexibility index (Phi) is 4.04. The molecule has 2 atom stereocenters. The fourth-order valence-electron chi connectivity index (χ4n) is 3.73. The Hall–Kier alpha value is -1.92. The van der Waals surface area contributed by atoms with Crippen LogP contribution in [-0.4, -0.2) is 35.2 Å². The standard InChI is InChI=1S/C18H17ClFN3OS/c1-24-16-5-3-13(8-21-16)22-17(25)23-9-11-7-18(11,10-23)14-4-2-12(20)6-15(14)19/h2-6,8,11H,7,9-10H2,1H3,(H,22,25). The predicted octanol–water partition coefficient (Wildman–Crippen LogP) is 3.85. The Balaban J connectivity index is 1.46. The van der Waals surface area contributed by atoms with Crippen LogP contribution in [0.1, 0.15) is 12.0 Å². The van der Waals surface area contributed by atoms with Crippen molar-refractivity contribution >= 4 is 34.6 Å². The maximum Gasteiger partial charge on any atom is 0.213 e. The van der Waals surface area contributed by atoms with E-state index in [1.807, 2.05) is 12.1 Å². The van der Waals surface area contributed by atoms with E-state index >= 15 is 0 Å². The molecule has 2 heterocycles. The van der Waals surface area contributed by atoms with E-state index in [0.29, 0.717) is 21.9 Å². The van der Waals surface area contributed by atoms with E-state index in [1.165, 1.54) is 12.1 Å². The summed E-state index contributed by atoms with van der Waals surface area (Å²) in [6.07, 6.45) is 2.76. The van der Waals surface area contributed by atoms with Crippen LogP contribution in [0.25, 0.3) is 0 Å². The molecule has 4 nitrogen and oxygen atoms in total. The highest BCUT2D eigenvalue weighted by Crippen LogP contribution is 2.60. The first kappa shape index (κ1) is 16.5. The number of hydrogen-bond donors (Lipinski definition) is 1. The number of rotatable bonds is 3. The fourth-order valence-corrected chi connectivity index (χ4v) is 4.34. The lowest BCUT2D eigenvalue weighted by molar-refractivity contribution is 0.398. The highest BCUT2D eigenvalue weighted by Gasteiger charge is 2.61. The molecule has 1 N–H and O–H groups in total. The minimum Gasteiger partial charge on any atom is -0.481 e. The van der Waals surface area contributed by atoms with Gasteiger partial charge in [0.1, 0.15) is 5.82 Å².